The average molecular weight is 536 g/mol. The number of hydrogen-bond donors (Lipinski definition) is 2. The van der Waals surface area contributed by atoms with Crippen molar-refractivity contribution in [3.63, 3.8) is 0 Å². The number of benzene rings is 3. The van der Waals surface area contributed by atoms with Crippen molar-refractivity contribution in [1.29, 1.82) is 0 Å². The summed E-state index contributed by atoms with van der Waals surface area (Å²) in [5.41, 5.74) is 0.270. The summed E-state index contributed by atoms with van der Waals surface area (Å²) in [5, 5.41) is 2.60. The van der Waals surface area contributed by atoms with Crippen LogP contribution in [0.2, 0.25) is 0 Å². The number of amides is 1. The molecule has 0 bridgehead atoms. The normalized spacial score (nSPS) is 11.8. The molecule has 0 radical (unpaired) electrons. The molecule has 2 N–H and O–H groups in total. The third-order valence-corrected chi connectivity index (χ3v) is 8.69. The number of methoxy groups -OCH3 is 1. The van der Waals surface area contributed by atoms with E-state index in [9.17, 15) is 26.0 Å². The lowest BCUT2D eigenvalue weighted by Gasteiger charge is -2.19. The van der Waals surface area contributed by atoms with Crippen LogP contribution in [0.4, 0.5) is 15.8 Å². The zero-order valence-corrected chi connectivity index (χ0v) is 21.5. The van der Waals surface area contributed by atoms with Gasteiger partial charge >= 0.3 is 0 Å². The lowest BCUT2D eigenvalue weighted by atomic mass is 10.2. The van der Waals surface area contributed by atoms with Crippen LogP contribution in [0.5, 0.6) is 5.75 Å². The molecule has 0 fully saturated rings. The highest BCUT2D eigenvalue weighted by Gasteiger charge is 2.24. The Morgan fingerprint density at radius 2 is 1.58 bits per heavy atom. The molecule has 0 atom stereocenters. The molecule has 0 aliphatic carbocycles. The highest BCUT2D eigenvalue weighted by Crippen LogP contribution is 2.29. The van der Waals surface area contributed by atoms with E-state index in [2.05, 4.69) is 10.0 Å². The second kappa shape index (κ2) is 11.1. The largest absolute Gasteiger partial charge is 0.495 e. The second-order valence-corrected chi connectivity index (χ2v) is 11.2. The molecule has 0 spiro atoms. The Morgan fingerprint density at radius 3 is 2.19 bits per heavy atom. The fourth-order valence-corrected chi connectivity index (χ4v) is 5.98. The number of ether oxygens (including phenoxy) is 1. The molecule has 9 nitrogen and oxygen atoms in total. The van der Waals surface area contributed by atoms with Gasteiger partial charge in [0.05, 0.1) is 22.6 Å². The number of nitrogens with one attached hydrogen (secondary N) is 2. The highest BCUT2D eigenvalue weighted by molar-refractivity contribution is 7.92. The number of rotatable bonds is 10. The summed E-state index contributed by atoms with van der Waals surface area (Å²) >= 11 is 0. The van der Waals surface area contributed by atoms with Crippen LogP contribution in [0, 0.1) is 5.82 Å². The van der Waals surface area contributed by atoms with Crippen LogP contribution in [0.25, 0.3) is 0 Å². The van der Waals surface area contributed by atoms with Crippen molar-refractivity contribution in [2.75, 3.05) is 30.2 Å². The van der Waals surface area contributed by atoms with E-state index in [4.69, 9.17) is 4.74 Å². The van der Waals surface area contributed by atoms with Crippen LogP contribution in [-0.4, -0.2) is 47.2 Å². The van der Waals surface area contributed by atoms with Crippen LogP contribution >= 0.6 is 0 Å². The van der Waals surface area contributed by atoms with Crippen LogP contribution in [-0.2, 0) is 20.0 Å². The summed E-state index contributed by atoms with van der Waals surface area (Å²) in [5.74, 6) is -0.964. The van der Waals surface area contributed by atoms with Crippen LogP contribution in [0.1, 0.15) is 24.2 Å². The molecule has 0 aromatic heterocycles. The third-order valence-electron chi connectivity index (χ3n) is 5.27. The van der Waals surface area contributed by atoms with Gasteiger partial charge in [-0.15, -0.1) is 0 Å². The number of hydrogen-bond acceptors (Lipinski definition) is 6. The maximum absolute atomic E-state index is 13.1. The number of carbonyl (C=O) groups excluding carboxylic acids is 1. The smallest absolute Gasteiger partial charge is 0.261 e. The van der Waals surface area contributed by atoms with Gasteiger partial charge in [0, 0.05) is 24.3 Å². The molecule has 0 aliphatic rings. The molecule has 0 heterocycles. The summed E-state index contributed by atoms with van der Waals surface area (Å²) < 4.78 is 73.3. The molecule has 3 rings (SSSR count). The molecule has 36 heavy (non-hydrogen) atoms. The van der Waals surface area contributed by atoms with Crippen LogP contribution in [0.15, 0.2) is 76.5 Å². The minimum atomic E-state index is -4.07. The van der Waals surface area contributed by atoms with Crippen molar-refractivity contribution >= 4 is 37.3 Å². The molecule has 0 aliphatic heterocycles. The minimum Gasteiger partial charge on any atom is -0.495 e. The van der Waals surface area contributed by atoms with Gasteiger partial charge in [0.2, 0.25) is 10.0 Å². The number of anilines is 2. The summed E-state index contributed by atoms with van der Waals surface area (Å²) in [6, 6.07) is 14.2. The Bertz CT molecular complexity index is 1460. The zero-order chi connectivity index (χ0) is 26.5. The van der Waals surface area contributed by atoms with Crippen molar-refractivity contribution in [1.82, 2.24) is 4.31 Å². The number of carbonyl (C=O) groups is 1. The fourth-order valence-electron chi connectivity index (χ4n) is 3.39. The van der Waals surface area contributed by atoms with E-state index in [1.54, 1.807) is 13.8 Å². The first-order valence-corrected chi connectivity index (χ1v) is 13.8. The summed E-state index contributed by atoms with van der Waals surface area (Å²) in [6.07, 6.45) is 0. The first-order chi connectivity index (χ1) is 17.0. The molecule has 0 saturated heterocycles. The van der Waals surface area contributed by atoms with Gasteiger partial charge in [-0.2, -0.15) is 4.31 Å². The lowest BCUT2D eigenvalue weighted by molar-refractivity contribution is 0.102. The molecular weight excluding hydrogens is 509 g/mol. The van der Waals surface area contributed by atoms with Crippen molar-refractivity contribution in [2.45, 2.75) is 23.6 Å². The van der Waals surface area contributed by atoms with Crippen LogP contribution in [0.3, 0.4) is 0 Å². The van der Waals surface area contributed by atoms with E-state index in [1.807, 2.05) is 0 Å². The van der Waals surface area contributed by atoms with Gasteiger partial charge in [0.15, 0.2) is 0 Å². The Balaban J connectivity index is 1.89. The quantitative estimate of drug-likeness (QED) is 0.406. The Labute approximate surface area is 210 Å². The summed E-state index contributed by atoms with van der Waals surface area (Å²) in [4.78, 5) is 12.8. The van der Waals surface area contributed by atoms with Gasteiger partial charge < -0.3 is 10.1 Å². The van der Waals surface area contributed by atoms with E-state index >= 15 is 0 Å². The topological polar surface area (TPSA) is 122 Å². The molecule has 3 aromatic rings. The van der Waals surface area contributed by atoms with Crippen molar-refractivity contribution in [3.05, 3.63) is 78.1 Å². The fraction of sp³-hybridized carbons (Fsp3) is 0.208. The second-order valence-electron chi connectivity index (χ2n) is 7.55. The first kappa shape index (κ1) is 27.1. The number of halogens is 1. The zero-order valence-electron chi connectivity index (χ0n) is 19.9. The molecule has 0 unspecified atom stereocenters. The van der Waals surface area contributed by atoms with Gasteiger partial charge in [-0.3, -0.25) is 9.52 Å². The number of nitrogens with zero attached hydrogens (tertiary/aromatic N) is 1. The summed E-state index contributed by atoms with van der Waals surface area (Å²) in [7, 11) is -6.49. The highest BCUT2D eigenvalue weighted by atomic mass is 32.2. The third kappa shape index (κ3) is 6.01. The van der Waals surface area contributed by atoms with Gasteiger partial charge in [0.1, 0.15) is 11.6 Å². The van der Waals surface area contributed by atoms with E-state index in [-0.39, 0.29) is 45.6 Å². The summed E-state index contributed by atoms with van der Waals surface area (Å²) in [6.45, 7) is 4.00. The minimum absolute atomic E-state index is 0.0102. The predicted octanol–water partition coefficient (Wildman–Crippen LogP) is 3.92. The molecule has 12 heteroatoms. The van der Waals surface area contributed by atoms with E-state index < -0.39 is 31.8 Å². The Morgan fingerprint density at radius 1 is 0.917 bits per heavy atom. The van der Waals surface area contributed by atoms with Gasteiger partial charge in [-0.25, -0.2) is 21.2 Å². The molecule has 0 saturated carbocycles. The van der Waals surface area contributed by atoms with Gasteiger partial charge in [0.25, 0.3) is 15.9 Å². The first-order valence-electron chi connectivity index (χ1n) is 10.9. The monoisotopic (exact) mass is 535 g/mol. The number of sulfonamides is 2. The molecular formula is C24H26FN3O6S2. The SMILES string of the molecule is CCN(CC)S(=O)(=O)c1ccc(OC)c(NC(=O)c2cccc(S(=O)(=O)Nc3ccc(F)cc3)c2)c1. The standard InChI is InChI=1S/C24H26FN3O6S2/c1-4-28(5-2)36(32,33)21-13-14-23(34-3)22(16-21)26-24(29)17-7-6-8-20(15-17)35(30,31)27-19-11-9-18(25)10-12-19/h6-16,27H,4-5H2,1-3H3,(H,26,29). The Kier molecular flexibility index (Phi) is 8.33. The maximum atomic E-state index is 13.1. The lowest BCUT2D eigenvalue weighted by Crippen LogP contribution is -2.30. The van der Waals surface area contributed by atoms with Gasteiger partial charge in [-0.05, 0) is 60.7 Å². The molecule has 192 valence electrons. The predicted molar refractivity (Wildman–Crippen MR) is 135 cm³/mol. The van der Waals surface area contributed by atoms with E-state index in [0.717, 1.165) is 12.1 Å². The van der Waals surface area contributed by atoms with E-state index in [1.165, 1.54) is 66.0 Å². The Hall–Kier alpha value is -3.48. The molecule has 1 amide bonds. The van der Waals surface area contributed by atoms with Crippen molar-refractivity contribution in [3.8, 4) is 5.75 Å². The van der Waals surface area contributed by atoms with Crippen molar-refractivity contribution < 1.29 is 30.8 Å². The van der Waals surface area contributed by atoms with Gasteiger partial charge in [-0.1, -0.05) is 19.9 Å². The van der Waals surface area contributed by atoms with Crippen LogP contribution < -0.4 is 14.8 Å². The average Bonchev–Trinajstić information content (AvgIpc) is 2.86. The van der Waals surface area contributed by atoms with Crippen molar-refractivity contribution in [2.24, 2.45) is 0 Å². The van der Waals surface area contributed by atoms with E-state index in [0.29, 0.717) is 0 Å². The molecule has 3 aromatic carbocycles. The maximum Gasteiger partial charge on any atom is 0.261 e.